The predicted octanol–water partition coefficient (Wildman–Crippen LogP) is 4.81. The van der Waals surface area contributed by atoms with Crippen molar-refractivity contribution in [3.8, 4) is 5.75 Å². The molecule has 2 aromatic rings. The van der Waals surface area contributed by atoms with Gasteiger partial charge < -0.3 is 14.8 Å². The molecule has 186 valence electrons. The maximum absolute atomic E-state index is 13.0. The highest BCUT2D eigenvalue weighted by molar-refractivity contribution is 6.43. The molecule has 0 saturated carbocycles. The molecule has 36 heavy (non-hydrogen) atoms. The van der Waals surface area contributed by atoms with E-state index >= 15 is 0 Å². The van der Waals surface area contributed by atoms with Gasteiger partial charge in [-0.3, -0.25) is 14.5 Å². The fourth-order valence-electron chi connectivity index (χ4n) is 6.14. The first kappa shape index (κ1) is 24.8. The number of halogens is 1. The Morgan fingerprint density at radius 1 is 1.17 bits per heavy atom. The van der Waals surface area contributed by atoms with E-state index < -0.39 is 13.0 Å². The topological polar surface area (TPSA) is 87.1 Å². The Bertz CT molecular complexity index is 1260. The number of amides is 2. The molecule has 2 fully saturated rings. The van der Waals surface area contributed by atoms with Crippen LogP contribution in [0.5, 0.6) is 5.75 Å². The molecule has 2 aliphatic heterocycles. The van der Waals surface area contributed by atoms with Gasteiger partial charge in [-0.2, -0.15) is 0 Å². The largest absolute Gasteiger partial charge is 0.508 e. The van der Waals surface area contributed by atoms with Crippen molar-refractivity contribution in [2.24, 2.45) is 17.8 Å². The number of hydrogen-bond acceptors (Lipinski definition) is 5. The summed E-state index contributed by atoms with van der Waals surface area (Å²) < 4.78 is 6.04. The molecule has 2 saturated heterocycles. The number of likely N-dealkylation sites (tertiary alicyclic amines) is 1. The summed E-state index contributed by atoms with van der Waals surface area (Å²) in [6.45, 7) is 2.02. The Labute approximate surface area is 216 Å². The van der Waals surface area contributed by atoms with E-state index in [0.29, 0.717) is 30.6 Å². The van der Waals surface area contributed by atoms with E-state index in [1.54, 1.807) is 19.2 Å². The molecule has 8 heteroatoms. The van der Waals surface area contributed by atoms with Crippen LogP contribution in [0.3, 0.4) is 0 Å². The van der Waals surface area contributed by atoms with Crippen LogP contribution in [-0.2, 0) is 14.2 Å². The zero-order valence-corrected chi connectivity index (χ0v) is 21.1. The zero-order chi connectivity index (χ0) is 25.6. The summed E-state index contributed by atoms with van der Waals surface area (Å²) in [5.41, 5.74) is 5.03. The lowest BCUT2D eigenvalue weighted by Crippen LogP contribution is -2.45. The fraction of sp³-hybridized carbons (Fsp3) is 0.357. The molecule has 5 rings (SSSR count). The highest BCUT2D eigenvalue weighted by Gasteiger charge is 2.55. The Kier molecular flexibility index (Phi) is 6.81. The lowest BCUT2D eigenvalue weighted by molar-refractivity contribution is -0.138. The summed E-state index contributed by atoms with van der Waals surface area (Å²) in [5, 5.41) is 20.8. The zero-order valence-electron chi connectivity index (χ0n) is 20.4. The van der Waals surface area contributed by atoms with Crippen molar-refractivity contribution < 1.29 is 24.4 Å². The molecule has 0 bridgehead atoms. The molecule has 2 aromatic carbocycles. The van der Waals surface area contributed by atoms with Crippen LogP contribution in [0.2, 0.25) is 11.3 Å². The predicted molar refractivity (Wildman–Crippen MR) is 140 cm³/mol. The quantitative estimate of drug-likeness (QED) is 0.263. The van der Waals surface area contributed by atoms with Crippen molar-refractivity contribution in [1.82, 2.24) is 4.90 Å². The van der Waals surface area contributed by atoms with Gasteiger partial charge in [-0.25, -0.2) is 0 Å². The van der Waals surface area contributed by atoms with Gasteiger partial charge in [-0.1, -0.05) is 47.5 Å². The van der Waals surface area contributed by atoms with E-state index in [4.69, 9.17) is 16.3 Å². The molecular weight excluding hydrogens is 477 g/mol. The summed E-state index contributed by atoms with van der Waals surface area (Å²) in [7, 11) is 0.566. The van der Waals surface area contributed by atoms with E-state index in [1.165, 1.54) is 11.0 Å². The van der Waals surface area contributed by atoms with Gasteiger partial charge in [-0.05, 0) is 85.0 Å². The molecule has 0 spiro atoms. The Hall–Kier alpha value is -2.87. The maximum Gasteiger partial charge on any atom is 0.455 e. The third-order valence-electron chi connectivity index (χ3n) is 7.81. The number of carbonyl (C=O) groups is 2. The van der Waals surface area contributed by atoms with Gasteiger partial charge in [0, 0.05) is 7.05 Å². The van der Waals surface area contributed by atoms with Gasteiger partial charge in [0.15, 0.2) is 0 Å². The van der Waals surface area contributed by atoms with Gasteiger partial charge in [0.25, 0.3) is 0 Å². The lowest BCUT2D eigenvalue weighted by atomic mass is 9.58. The first-order valence-corrected chi connectivity index (χ1v) is 12.7. The molecule has 2 N–H and O–H groups in total. The third kappa shape index (κ3) is 4.51. The van der Waals surface area contributed by atoms with E-state index in [1.807, 2.05) is 43.3 Å². The minimum atomic E-state index is -0.986. The fourth-order valence-corrected chi connectivity index (χ4v) is 6.37. The van der Waals surface area contributed by atoms with Crippen LogP contribution >= 0.6 is 11.6 Å². The first-order valence-electron chi connectivity index (χ1n) is 12.3. The number of aromatic hydroxyl groups is 1. The highest BCUT2D eigenvalue weighted by atomic mass is 35.5. The number of hydrogen-bond donors (Lipinski definition) is 2. The number of phenolic OH excluding ortho intramolecular Hbond substituents is 1. The second kappa shape index (κ2) is 9.89. The number of benzene rings is 2. The molecule has 0 unspecified atom stereocenters. The van der Waals surface area contributed by atoms with Gasteiger partial charge in [-0.15, -0.1) is 0 Å². The molecule has 2 heterocycles. The summed E-state index contributed by atoms with van der Waals surface area (Å²) in [6, 6.07) is 14.9. The highest BCUT2D eigenvalue weighted by Crippen LogP contribution is 2.50. The van der Waals surface area contributed by atoms with Gasteiger partial charge >= 0.3 is 7.12 Å². The summed E-state index contributed by atoms with van der Waals surface area (Å²) in [4.78, 5) is 26.9. The Balaban J connectivity index is 1.45. The van der Waals surface area contributed by atoms with Crippen molar-refractivity contribution in [2.45, 2.75) is 38.6 Å². The van der Waals surface area contributed by atoms with Crippen molar-refractivity contribution in [2.75, 3.05) is 7.05 Å². The molecule has 0 aromatic heterocycles. The van der Waals surface area contributed by atoms with Crippen molar-refractivity contribution >= 4 is 42.2 Å². The van der Waals surface area contributed by atoms with Crippen LogP contribution in [0, 0.1) is 17.8 Å². The van der Waals surface area contributed by atoms with E-state index in [9.17, 15) is 19.7 Å². The molecule has 4 atom stereocenters. The number of nitrogens with zero attached hydrogens (tertiary/aromatic N) is 1. The van der Waals surface area contributed by atoms with Crippen LogP contribution in [-0.4, -0.2) is 47.1 Å². The van der Waals surface area contributed by atoms with Crippen LogP contribution in [0.4, 0.5) is 0 Å². The van der Waals surface area contributed by atoms with E-state index in [2.05, 4.69) is 0 Å². The number of allylic oxidation sites excluding steroid dienone is 2. The van der Waals surface area contributed by atoms with Crippen LogP contribution < -0.4 is 0 Å². The van der Waals surface area contributed by atoms with Gasteiger partial charge in [0.1, 0.15) is 5.75 Å². The second-order valence-corrected chi connectivity index (χ2v) is 10.4. The number of imide groups is 1. The number of fused-ring (bicyclic) bond motifs is 3. The van der Waals surface area contributed by atoms with Gasteiger partial charge in [0.05, 0.1) is 23.0 Å². The van der Waals surface area contributed by atoms with Crippen LogP contribution in [0.1, 0.15) is 37.3 Å². The molecular formula is C28H29BClNO5. The minimum Gasteiger partial charge on any atom is -0.508 e. The minimum absolute atomic E-state index is 0.109. The third-order valence-corrected chi connectivity index (χ3v) is 8.13. The Morgan fingerprint density at radius 3 is 2.64 bits per heavy atom. The molecule has 6 nitrogen and oxygen atoms in total. The first-order chi connectivity index (χ1) is 17.2. The summed E-state index contributed by atoms with van der Waals surface area (Å²) >= 11 is 6.39. The summed E-state index contributed by atoms with van der Waals surface area (Å²) in [5.74, 6) is -1.14. The number of rotatable bonds is 5. The maximum atomic E-state index is 13.0. The SMILES string of the molecule is CC1=C2[C@@H](CC/C(=C/c3ccc(O)cc3Cl)c3ccccc3)OB(O)C[C@@H]2[C@@H]2C(=O)N(C)C(=O)[C@@H]2C1. The average Bonchev–Trinajstić information content (AvgIpc) is 3.06. The normalized spacial score (nSPS) is 26.4. The van der Waals surface area contributed by atoms with Crippen molar-refractivity contribution in [3.63, 3.8) is 0 Å². The summed E-state index contributed by atoms with van der Waals surface area (Å²) in [6.07, 6.45) is 3.78. The molecule has 2 amide bonds. The molecule has 1 aliphatic carbocycles. The number of phenols is 1. The standard InChI is InChI=1S/C28H29BClNO5/c1-16-12-21-26(28(34)31(2)27(21)33)22-15-29(35)36-24(25(16)22)11-9-18(17-6-4-3-5-7-17)13-19-8-10-20(32)14-23(19)30/h3-8,10,13-14,21-22,24,26,32,35H,9,11-12,15H2,1-2H3/b18-13-/t21-,22+,24-,26-/m1/s1. The van der Waals surface area contributed by atoms with E-state index in [0.717, 1.165) is 27.8 Å². The smallest absolute Gasteiger partial charge is 0.455 e. The van der Waals surface area contributed by atoms with Crippen molar-refractivity contribution in [1.29, 1.82) is 0 Å². The van der Waals surface area contributed by atoms with Crippen LogP contribution in [0.15, 0.2) is 59.7 Å². The Morgan fingerprint density at radius 2 is 1.92 bits per heavy atom. The van der Waals surface area contributed by atoms with Crippen LogP contribution in [0.25, 0.3) is 11.6 Å². The second-order valence-electron chi connectivity index (χ2n) is 10.0. The average molecular weight is 506 g/mol. The van der Waals surface area contributed by atoms with E-state index in [-0.39, 0.29) is 35.5 Å². The lowest BCUT2D eigenvalue weighted by Gasteiger charge is -2.42. The molecule has 3 aliphatic rings. The number of carbonyl (C=O) groups excluding carboxylic acids is 2. The molecule has 0 radical (unpaired) electrons. The van der Waals surface area contributed by atoms with Gasteiger partial charge in [0.2, 0.25) is 11.8 Å². The monoisotopic (exact) mass is 505 g/mol. The van der Waals surface area contributed by atoms with Crippen molar-refractivity contribution in [3.05, 3.63) is 75.8 Å².